The first-order valence-electron chi connectivity index (χ1n) is 10.0. The number of para-hydroxylation sites is 1. The molecule has 0 fully saturated rings. The Labute approximate surface area is 187 Å². The summed E-state index contributed by atoms with van der Waals surface area (Å²) in [5.41, 5.74) is 2.83. The highest BCUT2D eigenvalue weighted by atomic mass is 32.2. The third-order valence-corrected chi connectivity index (χ3v) is 5.58. The summed E-state index contributed by atoms with van der Waals surface area (Å²) in [7, 11) is -4.13. The average Bonchev–Trinajstić information content (AvgIpc) is 2.78. The molecule has 1 unspecified atom stereocenters. The Balaban J connectivity index is 1.70. The molecule has 0 aliphatic heterocycles. The second kappa shape index (κ2) is 10.7. The van der Waals surface area contributed by atoms with Gasteiger partial charge in [0.05, 0.1) is 11.7 Å². The van der Waals surface area contributed by atoms with Crippen LogP contribution in [0, 0.1) is 0 Å². The molecule has 3 aromatic carbocycles. The van der Waals surface area contributed by atoms with Crippen molar-refractivity contribution in [1.29, 1.82) is 0 Å². The third kappa shape index (κ3) is 7.04. The van der Waals surface area contributed by atoms with Crippen molar-refractivity contribution in [3.05, 3.63) is 102 Å². The SMILES string of the molecule is O=C(NCCS(=O)(=O)O)c1ccc(CC(C(=O)Nc2ccccc2)c2ccccc2)cc1. The van der Waals surface area contributed by atoms with E-state index in [1.165, 1.54) is 0 Å². The van der Waals surface area contributed by atoms with E-state index in [-0.39, 0.29) is 12.5 Å². The van der Waals surface area contributed by atoms with Crippen LogP contribution in [0.1, 0.15) is 27.4 Å². The van der Waals surface area contributed by atoms with Crippen molar-refractivity contribution < 1.29 is 22.6 Å². The van der Waals surface area contributed by atoms with Crippen molar-refractivity contribution in [3.8, 4) is 0 Å². The van der Waals surface area contributed by atoms with E-state index < -0.39 is 27.7 Å². The van der Waals surface area contributed by atoms with Crippen LogP contribution in [0.4, 0.5) is 5.69 Å². The van der Waals surface area contributed by atoms with Crippen molar-refractivity contribution in [2.24, 2.45) is 0 Å². The lowest BCUT2D eigenvalue weighted by Crippen LogP contribution is -2.28. The van der Waals surface area contributed by atoms with Crippen molar-refractivity contribution in [2.75, 3.05) is 17.6 Å². The second-order valence-corrected chi connectivity index (χ2v) is 8.83. The third-order valence-electron chi connectivity index (χ3n) is 4.86. The molecule has 0 saturated heterocycles. The monoisotopic (exact) mass is 452 g/mol. The predicted molar refractivity (Wildman–Crippen MR) is 123 cm³/mol. The molecular weight excluding hydrogens is 428 g/mol. The Morgan fingerprint density at radius 1 is 0.844 bits per heavy atom. The molecule has 0 radical (unpaired) electrons. The highest BCUT2D eigenvalue weighted by Crippen LogP contribution is 2.23. The minimum absolute atomic E-state index is 0.130. The standard InChI is InChI=1S/C24H24N2O5S/c27-23(25-15-16-32(29,30)31)20-13-11-18(12-14-20)17-22(19-7-3-1-4-8-19)24(28)26-21-9-5-2-6-10-21/h1-14,22H,15-17H2,(H,25,27)(H,26,28)(H,29,30,31). The quantitative estimate of drug-likeness (QED) is 0.432. The van der Waals surface area contributed by atoms with Crippen LogP contribution in [0.3, 0.4) is 0 Å². The molecule has 0 heterocycles. The van der Waals surface area contributed by atoms with Gasteiger partial charge in [-0.05, 0) is 41.8 Å². The molecule has 0 aliphatic carbocycles. The Bertz CT molecular complexity index is 1150. The Kier molecular flexibility index (Phi) is 7.75. The molecule has 8 heteroatoms. The Morgan fingerprint density at radius 2 is 1.44 bits per heavy atom. The van der Waals surface area contributed by atoms with Gasteiger partial charge in [-0.3, -0.25) is 14.1 Å². The van der Waals surface area contributed by atoms with Crippen LogP contribution in [-0.4, -0.2) is 37.1 Å². The van der Waals surface area contributed by atoms with Gasteiger partial charge in [-0.15, -0.1) is 0 Å². The van der Waals surface area contributed by atoms with Gasteiger partial charge in [0.1, 0.15) is 0 Å². The van der Waals surface area contributed by atoms with Gasteiger partial charge in [-0.2, -0.15) is 8.42 Å². The maximum atomic E-state index is 13.0. The maximum Gasteiger partial charge on any atom is 0.266 e. The lowest BCUT2D eigenvalue weighted by molar-refractivity contribution is -0.117. The highest BCUT2D eigenvalue weighted by Gasteiger charge is 2.21. The minimum Gasteiger partial charge on any atom is -0.351 e. The van der Waals surface area contributed by atoms with Gasteiger partial charge >= 0.3 is 0 Å². The van der Waals surface area contributed by atoms with Gasteiger partial charge in [0.25, 0.3) is 16.0 Å². The van der Waals surface area contributed by atoms with Gasteiger partial charge in [0.15, 0.2) is 0 Å². The molecule has 32 heavy (non-hydrogen) atoms. The zero-order valence-corrected chi connectivity index (χ0v) is 18.1. The summed E-state index contributed by atoms with van der Waals surface area (Å²) in [5, 5.41) is 5.40. The van der Waals surface area contributed by atoms with Crippen LogP contribution in [0.2, 0.25) is 0 Å². The van der Waals surface area contributed by atoms with Crippen LogP contribution in [0.25, 0.3) is 0 Å². The zero-order chi connectivity index (χ0) is 23.0. The van der Waals surface area contributed by atoms with Gasteiger partial charge in [0, 0.05) is 17.8 Å². The number of carbonyl (C=O) groups is 2. The van der Waals surface area contributed by atoms with Crippen molar-refractivity contribution >= 4 is 27.6 Å². The predicted octanol–water partition coefficient (Wildman–Crippen LogP) is 3.27. The lowest BCUT2D eigenvalue weighted by Gasteiger charge is -2.18. The first-order chi connectivity index (χ1) is 15.3. The Hall–Kier alpha value is -3.49. The fourth-order valence-electron chi connectivity index (χ4n) is 3.22. The molecule has 3 aromatic rings. The maximum absolute atomic E-state index is 13.0. The van der Waals surface area contributed by atoms with Crippen molar-refractivity contribution in [3.63, 3.8) is 0 Å². The van der Waals surface area contributed by atoms with Crippen molar-refractivity contribution in [1.82, 2.24) is 5.32 Å². The topological polar surface area (TPSA) is 113 Å². The van der Waals surface area contributed by atoms with E-state index in [0.717, 1.165) is 16.8 Å². The van der Waals surface area contributed by atoms with Gasteiger partial charge in [-0.25, -0.2) is 0 Å². The Morgan fingerprint density at radius 3 is 2.03 bits per heavy atom. The van der Waals surface area contributed by atoms with E-state index in [9.17, 15) is 18.0 Å². The zero-order valence-electron chi connectivity index (χ0n) is 17.3. The van der Waals surface area contributed by atoms with E-state index in [1.807, 2.05) is 60.7 Å². The number of anilines is 1. The number of rotatable bonds is 9. The summed E-state index contributed by atoms with van der Waals surface area (Å²) in [5.74, 6) is -1.55. The van der Waals surface area contributed by atoms with Crippen LogP contribution in [0.15, 0.2) is 84.9 Å². The van der Waals surface area contributed by atoms with Crippen LogP contribution < -0.4 is 10.6 Å². The van der Waals surface area contributed by atoms with Gasteiger partial charge < -0.3 is 10.6 Å². The summed E-state index contributed by atoms with van der Waals surface area (Å²) >= 11 is 0. The first kappa shape index (κ1) is 23.2. The summed E-state index contributed by atoms with van der Waals surface area (Å²) < 4.78 is 30.3. The largest absolute Gasteiger partial charge is 0.351 e. The van der Waals surface area contributed by atoms with E-state index >= 15 is 0 Å². The summed E-state index contributed by atoms with van der Waals surface area (Å²) in [6.45, 7) is -0.185. The van der Waals surface area contributed by atoms with Crippen LogP contribution in [-0.2, 0) is 21.3 Å². The van der Waals surface area contributed by atoms with Gasteiger partial charge in [0.2, 0.25) is 5.91 Å². The molecule has 1 atom stereocenters. The molecule has 3 N–H and O–H groups in total. The van der Waals surface area contributed by atoms with E-state index in [1.54, 1.807) is 24.3 Å². The summed E-state index contributed by atoms with van der Waals surface area (Å²) in [6.07, 6.45) is 0.438. The van der Waals surface area contributed by atoms with E-state index in [2.05, 4.69) is 10.6 Å². The molecule has 166 valence electrons. The lowest BCUT2D eigenvalue weighted by atomic mass is 9.90. The van der Waals surface area contributed by atoms with Crippen molar-refractivity contribution in [2.45, 2.75) is 12.3 Å². The molecule has 0 aliphatic rings. The van der Waals surface area contributed by atoms with Crippen LogP contribution in [0.5, 0.6) is 0 Å². The highest BCUT2D eigenvalue weighted by molar-refractivity contribution is 7.85. The fraction of sp³-hybridized carbons (Fsp3) is 0.167. The summed E-state index contributed by atoms with van der Waals surface area (Å²) in [6, 6.07) is 25.5. The van der Waals surface area contributed by atoms with E-state index in [4.69, 9.17) is 4.55 Å². The second-order valence-electron chi connectivity index (χ2n) is 7.26. The molecule has 0 aromatic heterocycles. The smallest absolute Gasteiger partial charge is 0.266 e. The number of amides is 2. The number of nitrogens with one attached hydrogen (secondary N) is 2. The number of benzene rings is 3. The number of carbonyl (C=O) groups excluding carboxylic acids is 2. The molecule has 3 rings (SSSR count). The fourth-order valence-corrected chi connectivity index (χ4v) is 3.58. The molecule has 2 amide bonds. The number of hydrogen-bond donors (Lipinski definition) is 3. The molecule has 0 saturated carbocycles. The molecule has 0 spiro atoms. The average molecular weight is 453 g/mol. The first-order valence-corrected chi connectivity index (χ1v) is 11.7. The number of hydrogen-bond acceptors (Lipinski definition) is 4. The molecule has 7 nitrogen and oxygen atoms in total. The van der Waals surface area contributed by atoms with Crippen LogP contribution >= 0.6 is 0 Å². The summed E-state index contributed by atoms with van der Waals surface area (Å²) in [4.78, 5) is 25.2. The molecule has 0 bridgehead atoms. The normalized spacial score (nSPS) is 12.0. The minimum atomic E-state index is -4.13. The van der Waals surface area contributed by atoms with E-state index in [0.29, 0.717) is 12.0 Å². The van der Waals surface area contributed by atoms with Gasteiger partial charge in [-0.1, -0.05) is 60.7 Å². The molecular formula is C24H24N2O5S.